The molecule has 0 unspecified atom stereocenters. The second kappa shape index (κ2) is 6.87. The monoisotopic (exact) mass is 434 g/mol. The van der Waals surface area contributed by atoms with Crippen LogP contribution >= 0.6 is 15.9 Å². The number of carbonyl (C=O) groups is 1. The Hall–Kier alpha value is -1.99. The van der Waals surface area contributed by atoms with E-state index in [9.17, 15) is 9.90 Å². The Bertz CT molecular complexity index is 825. The number of carbonyl (C=O) groups excluding carboxylic acids is 1. The molecule has 144 valence electrons. The summed E-state index contributed by atoms with van der Waals surface area (Å²) in [5, 5.41) is 13.0. The van der Waals surface area contributed by atoms with Crippen LogP contribution in [0.4, 0.5) is 4.79 Å². The van der Waals surface area contributed by atoms with E-state index in [0.29, 0.717) is 31.8 Å². The molecule has 2 amide bonds. The highest BCUT2D eigenvalue weighted by Crippen LogP contribution is 2.57. The fourth-order valence-corrected chi connectivity index (χ4v) is 4.94. The van der Waals surface area contributed by atoms with Gasteiger partial charge in [0.15, 0.2) is 11.5 Å². The summed E-state index contributed by atoms with van der Waals surface area (Å²) in [6.45, 7) is 5.15. The molecule has 2 heterocycles. The maximum atomic E-state index is 12.6. The van der Waals surface area contributed by atoms with Crippen molar-refractivity contribution in [2.45, 2.75) is 37.0 Å². The average molecular weight is 435 g/mol. The average Bonchev–Trinajstić information content (AvgIpc) is 2.87. The van der Waals surface area contributed by atoms with Crippen LogP contribution in [0.5, 0.6) is 11.5 Å². The molecule has 3 aliphatic rings. The minimum Gasteiger partial charge on any atom is -0.493 e. The van der Waals surface area contributed by atoms with E-state index >= 15 is 0 Å². The largest absolute Gasteiger partial charge is 0.493 e. The first-order chi connectivity index (χ1) is 13.0. The summed E-state index contributed by atoms with van der Waals surface area (Å²) in [6.07, 6.45) is 6.13. The number of amides is 2. The fourth-order valence-electron chi connectivity index (χ4n) is 4.40. The van der Waals surface area contributed by atoms with E-state index in [4.69, 9.17) is 9.47 Å². The summed E-state index contributed by atoms with van der Waals surface area (Å²) in [5.74, 6) is 1.40. The summed E-state index contributed by atoms with van der Waals surface area (Å²) in [7, 11) is 1.62. The molecule has 0 fully saturated rings. The van der Waals surface area contributed by atoms with Gasteiger partial charge in [0.2, 0.25) is 0 Å². The number of nitrogens with one attached hydrogen (secondary N) is 1. The van der Waals surface area contributed by atoms with E-state index in [2.05, 4.69) is 33.9 Å². The Kier molecular flexibility index (Phi) is 4.68. The molecule has 0 bridgehead atoms. The summed E-state index contributed by atoms with van der Waals surface area (Å²) < 4.78 is 12.8. The second-order valence-electron chi connectivity index (χ2n) is 7.20. The van der Waals surface area contributed by atoms with Crippen molar-refractivity contribution in [2.24, 2.45) is 0 Å². The number of ether oxygens (including phenoxy) is 2. The number of hydrogen-bond donors (Lipinski definition) is 2. The molecule has 0 aromatic heterocycles. The molecule has 2 N–H and O–H groups in total. The first kappa shape index (κ1) is 18.4. The lowest BCUT2D eigenvalue weighted by Crippen LogP contribution is -2.44. The Morgan fingerprint density at radius 1 is 1.63 bits per heavy atom. The van der Waals surface area contributed by atoms with Crippen molar-refractivity contribution in [1.29, 1.82) is 0 Å². The van der Waals surface area contributed by atoms with Crippen LogP contribution in [-0.4, -0.2) is 48.4 Å². The van der Waals surface area contributed by atoms with E-state index in [1.807, 2.05) is 17.0 Å². The van der Waals surface area contributed by atoms with E-state index in [1.165, 1.54) is 0 Å². The predicted octanol–water partition coefficient (Wildman–Crippen LogP) is 2.88. The fraction of sp³-hybridized carbons (Fsp3) is 0.450. The number of rotatable bonds is 3. The Labute approximate surface area is 167 Å². The van der Waals surface area contributed by atoms with Crippen molar-refractivity contribution in [3.63, 3.8) is 0 Å². The zero-order valence-electron chi connectivity index (χ0n) is 15.2. The number of methoxy groups -OCH3 is 1. The highest BCUT2D eigenvalue weighted by atomic mass is 79.9. The zero-order valence-corrected chi connectivity index (χ0v) is 16.8. The van der Waals surface area contributed by atoms with Crippen molar-refractivity contribution in [3.05, 3.63) is 46.5 Å². The standard InChI is InChI=1S/C20H23BrN2O4/c1-3-7-22-19(25)23-8-6-20-5-4-12(24)9-16(20)27-18-15(26-2)10-14(21)13(11-23)17(18)20/h3-5,10,12,16,24H,1,6-9,11H2,2H3,(H,22,25)/t12-,16+,20+/m1/s1. The summed E-state index contributed by atoms with van der Waals surface area (Å²) in [6, 6.07) is 1.78. The van der Waals surface area contributed by atoms with Crippen LogP contribution in [0.25, 0.3) is 0 Å². The minimum absolute atomic E-state index is 0.111. The molecular formula is C20H23BrN2O4. The molecule has 27 heavy (non-hydrogen) atoms. The molecule has 1 aliphatic carbocycles. The van der Waals surface area contributed by atoms with Crippen LogP contribution in [0, 0.1) is 0 Å². The van der Waals surface area contributed by atoms with Crippen LogP contribution < -0.4 is 14.8 Å². The van der Waals surface area contributed by atoms with Gasteiger partial charge in [0.25, 0.3) is 0 Å². The Morgan fingerprint density at radius 2 is 2.44 bits per heavy atom. The number of urea groups is 1. The van der Waals surface area contributed by atoms with Gasteiger partial charge < -0.3 is 24.8 Å². The van der Waals surface area contributed by atoms with Gasteiger partial charge in [0, 0.05) is 36.1 Å². The number of benzene rings is 1. The number of nitrogens with zero attached hydrogens (tertiary/aromatic N) is 1. The van der Waals surface area contributed by atoms with E-state index in [0.717, 1.165) is 27.8 Å². The van der Waals surface area contributed by atoms with Gasteiger partial charge in [0.05, 0.1) is 18.6 Å². The smallest absolute Gasteiger partial charge is 0.317 e. The molecule has 7 heteroatoms. The van der Waals surface area contributed by atoms with Crippen molar-refractivity contribution in [3.8, 4) is 11.5 Å². The van der Waals surface area contributed by atoms with Gasteiger partial charge in [-0.25, -0.2) is 4.79 Å². The van der Waals surface area contributed by atoms with Gasteiger partial charge in [-0.3, -0.25) is 0 Å². The molecule has 0 radical (unpaired) electrons. The third-order valence-electron chi connectivity index (χ3n) is 5.72. The number of aliphatic hydroxyl groups excluding tert-OH is 1. The van der Waals surface area contributed by atoms with E-state index in [1.54, 1.807) is 13.2 Å². The molecule has 1 aromatic rings. The molecule has 4 rings (SSSR count). The predicted molar refractivity (Wildman–Crippen MR) is 105 cm³/mol. The van der Waals surface area contributed by atoms with Crippen LogP contribution in [0.15, 0.2) is 35.3 Å². The van der Waals surface area contributed by atoms with Gasteiger partial charge in [-0.2, -0.15) is 0 Å². The first-order valence-electron chi connectivity index (χ1n) is 9.07. The lowest BCUT2D eigenvalue weighted by atomic mass is 9.69. The van der Waals surface area contributed by atoms with Gasteiger partial charge in [-0.15, -0.1) is 6.58 Å². The normalized spacial score (nSPS) is 27.9. The van der Waals surface area contributed by atoms with Crippen LogP contribution in [0.2, 0.25) is 0 Å². The SMILES string of the molecule is C=CCNC(=O)N1CC[C@@]23C=C[C@@H](O)C[C@@H]2Oc2c(OC)cc(Br)c(c23)C1. The lowest BCUT2D eigenvalue weighted by molar-refractivity contribution is 0.0821. The lowest BCUT2D eigenvalue weighted by Gasteiger charge is -2.35. The molecule has 1 aromatic carbocycles. The summed E-state index contributed by atoms with van der Waals surface area (Å²) in [4.78, 5) is 14.4. The molecule has 1 spiro atoms. The molecule has 3 atom stereocenters. The molecule has 0 saturated heterocycles. The van der Waals surface area contributed by atoms with Gasteiger partial charge in [-0.05, 0) is 18.1 Å². The Balaban J connectivity index is 1.83. The van der Waals surface area contributed by atoms with Crippen molar-refractivity contribution in [2.75, 3.05) is 20.2 Å². The summed E-state index contributed by atoms with van der Waals surface area (Å²) >= 11 is 3.67. The van der Waals surface area contributed by atoms with Crippen molar-refractivity contribution >= 4 is 22.0 Å². The third kappa shape index (κ3) is 2.84. The topological polar surface area (TPSA) is 71.0 Å². The molecule has 2 aliphatic heterocycles. The minimum atomic E-state index is -0.525. The first-order valence-corrected chi connectivity index (χ1v) is 9.87. The zero-order chi connectivity index (χ0) is 19.2. The molecule has 0 saturated carbocycles. The third-order valence-corrected chi connectivity index (χ3v) is 6.43. The van der Waals surface area contributed by atoms with Gasteiger partial charge >= 0.3 is 6.03 Å². The summed E-state index contributed by atoms with van der Waals surface area (Å²) in [5.41, 5.74) is 1.73. The van der Waals surface area contributed by atoms with E-state index in [-0.39, 0.29) is 17.6 Å². The van der Waals surface area contributed by atoms with Gasteiger partial charge in [-0.1, -0.05) is 34.2 Å². The highest BCUT2D eigenvalue weighted by Gasteiger charge is 2.53. The van der Waals surface area contributed by atoms with Crippen molar-refractivity contribution in [1.82, 2.24) is 10.2 Å². The molecule has 6 nitrogen and oxygen atoms in total. The van der Waals surface area contributed by atoms with Crippen molar-refractivity contribution < 1.29 is 19.4 Å². The van der Waals surface area contributed by atoms with Crippen LogP contribution in [0.3, 0.4) is 0 Å². The highest BCUT2D eigenvalue weighted by molar-refractivity contribution is 9.10. The second-order valence-corrected chi connectivity index (χ2v) is 8.05. The number of halogens is 1. The van der Waals surface area contributed by atoms with Gasteiger partial charge in [0.1, 0.15) is 6.10 Å². The quantitative estimate of drug-likeness (QED) is 0.717. The molecular weight excluding hydrogens is 412 g/mol. The van der Waals surface area contributed by atoms with E-state index < -0.39 is 6.10 Å². The maximum Gasteiger partial charge on any atom is 0.317 e. The van der Waals surface area contributed by atoms with Crippen LogP contribution in [0.1, 0.15) is 24.0 Å². The number of hydrogen-bond acceptors (Lipinski definition) is 4. The van der Waals surface area contributed by atoms with Crippen LogP contribution in [-0.2, 0) is 12.0 Å². The maximum absolute atomic E-state index is 12.6. The Morgan fingerprint density at radius 3 is 3.19 bits per heavy atom. The number of aliphatic hydroxyl groups is 1.